The van der Waals surface area contributed by atoms with Crippen LogP contribution in [0.1, 0.15) is 82.4 Å². The fourth-order valence-electron chi connectivity index (χ4n) is 4.22. The number of benzene rings is 2. The molecule has 3 nitrogen and oxygen atoms in total. The van der Waals surface area contributed by atoms with Gasteiger partial charge in [0.05, 0.1) is 24.9 Å². The average molecular weight is 460 g/mol. The Morgan fingerprint density at radius 3 is 2.26 bits per heavy atom. The molecule has 0 radical (unpaired) electrons. The van der Waals surface area contributed by atoms with E-state index >= 15 is 0 Å². The molecule has 1 aromatic heterocycles. The van der Waals surface area contributed by atoms with E-state index in [9.17, 15) is 0 Å². The highest BCUT2D eigenvalue weighted by molar-refractivity contribution is 5.79. The van der Waals surface area contributed by atoms with Crippen molar-refractivity contribution < 1.29 is 9.47 Å². The van der Waals surface area contributed by atoms with Gasteiger partial charge in [0.2, 0.25) is 0 Å². The molecule has 0 unspecified atom stereocenters. The summed E-state index contributed by atoms with van der Waals surface area (Å²) in [4.78, 5) is 4.70. The predicted octanol–water partition coefficient (Wildman–Crippen LogP) is 8.80. The van der Waals surface area contributed by atoms with Gasteiger partial charge in [-0.15, -0.1) is 0 Å². The Bertz CT molecular complexity index is 1010. The molecule has 3 heteroatoms. The standard InChI is InChI=1S/C31H41NO2/c1-3-4-5-6-7-8-9-10-11-14-24-34-30-23-20-26(25-31(30)33-2)16-15-18-28-22-21-27-17-12-13-19-29(27)32-28/h12-13,15,17-23,25H,3-11,14,16,24H2,1-2H3. The zero-order chi connectivity index (χ0) is 23.8. The highest BCUT2D eigenvalue weighted by Gasteiger charge is 2.05. The molecule has 2 aromatic carbocycles. The number of unbranched alkanes of at least 4 members (excludes halogenated alkanes) is 9. The molecule has 3 aromatic rings. The maximum Gasteiger partial charge on any atom is 0.161 e. The maximum atomic E-state index is 6.02. The summed E-state index contributed by atoms with van der Waals surface area (Å²) in [6.45, 7) is 3.02. The number of rotatable bonds is 16. The van der Waals surface area contributed by atoms with Gasteiger partial charge in [0.25, 0.3) is 0 Å². The smallest absolute Gasteiger partial charge is 0.161 e. The van der Waals surface area contributed by atoms with E-state index in [1.165, 1.54) is 63.4 Å². The van der Waals surface area contributed by atoms with Gasteiger partial charge >= 0.3 is 0 Å². The fourth-order valence-corrected chi connectivity index (χ4v) is 4.22. The molecule has 1 heterocycles. The van der Waals surface area contributed by atoms with Crippen molar-refractivity contribution in [3.8, 4) is 11.5 Å². The van der Waals surface area contributed by atoms with Gasteiger partial charge in [-0.25, -0.2) is 4.98 Å². The van der Waals surface area contributed by atoms with Crippen molar-refractivity contribution >= 4 is 17.0 Å². The molecule has 3 rings (SSSR count). The van der Waals surface area contributed by atoms with Crippen LogP contribution in [0.15, 0.2) is 60.7 Å². The van der Waals surface area contributed by atoms with Gasteiger partial charge in [-0.1, -0.05) is 101 Å². The lowest BCUT2D eigenvalue weighted by atomic mass is 10.1. The van der Waals surface area contributed by atoms with E-state index in [-0.39, 0.29) is 0 Å². The number of pyridine rings is 1. The Morgan fingerprint density at radius 1 is 0.765 bits per heavy atom. The molecule has 0 aliphatic heterocycles. The number of aromatic nitrogens is 1. The number of fused-ring (bicyclic) bond motifs is 1. The number of allylic oxidation sites excluding steroid dienone is 1. The van der Waals surface area contributed by atoms with Crippen molar-refractivity contribution in [2.24, 2.45) is 0 Å². The van der Waals surface area contributed by atoms with Crippen LogP contribution in [-0.2, 0) is 6.42 Å². The van der Waals surface area contributed by atoms with Crippen LogP contribution >= 0.6 is 0 Å². The molecule has 0 fully saturated rings. The van der Waals surface area contributed by atoms with Crippen LogP contribution in [0.25, 0.3) is 17.0 Å². The zero-order valence-corrected chi connectivity index (χ0v) is 21.1. The third-order valence-corrected chi connectivity index (χ3v) is 6.25. The van der Waals surface area contributed by atoms with Crippen LogP contribution in [0.4, 0.5) is 0 Å². The van der Waals surface area contributed by atoms with E-state index < -0.39 is 0 Å². The summed E-state index contributed by atoms with van der Waals surface area (Å²) in [7, 11) is 1.71. The van der Waals surface area contributed by atoms with Gasteiger partial charge in [0.15, 0.2) is 11.5 Å². The summed E-state index contributed by atoms with van der Waals surface area (Å²) in [5.41, 5.74) is 3.19. The number of methoxy groups -OCH3 is 1. The van der Waals surface area contributed by atoms with E-state index in [1.807, 2.05) is 24.3 Å². The molecule has 0 aliphatic carbocycles. The summed E-state index contributed by atoms with van der Waals surface area (Å²) in [5, 5.41) is 1.16. The first-order chi connectivity index (χ1) is 16.8. The van der Waals surface area contributed by atoms with Gasteiger partial charge in [0, 0.05) is 5.39 Å². The molecular weight excluding hydrogens is 418 g/mol. The molecule has 182 valence electrons. The van der Waals surface area contributed by atoms with Crippen molar-refractivity contribution in [3.05, 3.63) is 71.9 Å². The Balaban J connectivity index is 1.37. The Hall–Kier alpha value is -2.81. The molecule has 0 aliphatic rings. The maximum absolute atomic E-state index is 6.02. The number of ether oxygens (including phenoxy) is 2. The lowest BCUT2D eigenvalue weighted by Gasteiger charge is -2.12. The summed E-state index contributed by atoms with van der Waals surface area (Å²) in [5.74, 6) is 1.64. The molecule has 0 saturated carbocycles. The first-order valence-corrected chi connectivity index (χ1v) is 13.1. The summed E-state index contributed by atoms with van der Waals surface area (Å²) in [6, 6.07) is 18.6. The molecular formula is C31H41NO2. The lowest BCUT2D eigenvalue weighted by molar-refractivity contribution is 0.284. The second-order valence-electron chi connectivity index (χ2n) is 9.05. The van der Waals surface area contributed by atoms with E-state index in [1.54, 1.807) is 7.11 Å². The van der Waals surface area contributed by atoms with Gasteiger partial charge < -0.3 is 9.47 Å². The third-order valence-electron chi connectivity index (χ3n) is 6.25. The third kappa shape index (κ3) is 8.85. The SMILES string of the molecule is CCCCCCCCCCCCOc1ccc(CC=Cc2ccc3ccccc3n2)cc1OC. The highest BCUT2D eigenvalue weighted by atomic mass is 16.5. The van der Waals surface area contributed by atoms with Crippen LogP contribution in [0.5, 0.6) is 11.5 Å². The van der Waals surface area contributed by atoms with Crippen molar-refractivity contribution in [2.45, 2.75) is 77.6 Å². The van der Waals surface area contributed by atoms with E-state index in [0.717, 1.165) is 47.5 Å². The minimum atomic E-state index is 0.750. The van der Waals surface area contributed by atoms with Gasteiger partial charge in [-0.2, -0.15) is 0 Å². The number of para-hydroxylation sites is 1. The van der Waals surface area contributed by atoms with Crippen LogP contribution in [0.2, 0.25) is 0 Å². The van der Waals surface area contributed by atoms with Crippen molar-refractivity contribution in [2.75, 3.05) is 13.7 Å². The van der Waals surface area contributed by atoms with Crippen LogP contribution in [-0.4, -0.2) is 18.7 Å². The average Bonchev–Trinajstić information content (AvgIpc) is 2.87. The monoisotopic (exact) mass is 459 g/mol. The molecule has 0 N–H and O–H groups in total. The van der Waals surface area contributed by atoms with Crippen LogP contribution in [0, 0.1) is 0 Å². The molecule has 0 atom stereocenters. The molecule has 0 spiro atoms. The minimum Gasteiger partial charge on any atom is -0.493 e. The Labute approximate surface area is 206 Å². The second kappa shape index (κ2) is 15.2. The Kier molecular flexibility index (Phi) is 11.5. The van der Waals surface area contributed by atoms with Gasteiger partial charge in [-0.3, -0.25) is 0 Å². The largest absolute Gasteiger partial charge is 0.493 e. The molecule has 34 heavy (non-hydrogen) atoms. The quantitative estimate of drug-likeness (QED) is 0.201. The van der Waals surface area contributed by atoms with Gasteiger partial charge in [-0.05, 0) is 48.7 Å². The topological polar surface area (TPSA) is 31.4 Å². The van der Waals surface area contributed by atoms with Crippen LogP contribution in [0.3, 0.4) is 0 Å². The summed E-state index contributed by atoms with van der Waals surface area (Å²) in [6.07, 6.45) is 18.4. The number of hydrogen-bond donors (Lipinski definition) is 0. The number of hydrogen-bond acceptors (Lipinski definition) is 3. The Morgan fingerprint density at radius 2 is 1.50 bits per heavy atom. The lowest BCUT2D eigenvalue weighted by Crippen LogP contribution is -2.00. The van der Waals surface area contributed by atoms with Crippen molar-refractivity contribution in [3.63, 3.8) is 0 Å². The molecule has 0 bridgehead atoms. The minimum absolute atomic E-state index is 0.750. The highest BCUT2D eigenvalue weighted by Crippen LogP contribution is 2.28. The van der Waals surface area contributed by atoms with Crippen molar-refractivity contribution in [1.82, 2.24) is 4.98 Å². The first-order valence-electron chi connectivity index (χ1n) is 13.1. The summed E-state index contributed by atoms with van der Waals surface area (Å²) >= 11 is 0. The van der Waals surface area contributed by atoms with E-state index in [2.05, 4.69) is 49.4 Å². The zero-order valence-electron chi connectivity index (χ0n) is 21.1. The predicted molar refractivity (Wildman–Crippen MR) is 145 cm³/mol. The fraction of sp³-hybridized carbons (Fsp3) is 0.452. The van der Waals surface area contributed by atoms with Gasteiger partial charge in [0.1, 0.15) is 0 Å². The van der Waals surface area contributed by atoms with Crippen molar-refractivity contribution in [1.29, 1.82) is 0 Å². The second-order valence-corrected chi connectivity index (χ2v) is 9.05. The molecule has 0 saturated heterocycles. The van der Waals surface area contributed by atoms with E-state index in [0.29, 0.717) is 0 Å². The number of nitrogens with zero attached hydrogens (tertiary/aromatic N) is 1. The van der Waals surface area contributed by atoms with Crippen LogP contribution < -0.4 is 9.47 Å². The summed E-state index contributed by atoms with van der Waals surface area (Å²) < 4.78 is 11.6. The first kappa shape index (κ1) is 25.8. The van der Waals surface area contributed by atoms with E-state index in [4.69, 9.17) is 14.5 Å². The molecule has 0 amide bonds. The normalized spacial score (nSPS) is 11.4.